The normalized spacial score (nSPS) is 17.4. The van der Waals surface area contributed by atoms with Crippen LogP contribution >= 0.6 is 0 Å². The van der Waals surface area contributed by atoms with Crippen molar-refractivity contribution in [1.29, 1.82) is 0 Å². The first kappa shape index (κ1) is 14.8. The minimum absolute atomic E-state index is 0.249. The molecule has 104 valence electrons. The Kier molecular flexibility index (Phi) is 4.95. The Bertz CT molecular complexity index is 304. The van der Waals surface area contributed by atoms with E-state index in [0.717, 1.165) is 0 Å². The van der Waals surface area contributed by atoms with Crippen molar-refractivity contribution in [2.75, 3.05) is 26.2 Å². The second-order valence-corrected chi connectivity index (χ2v) is 5.21. The van der Waals surface area contributed by atoms with Gasteiger partial charge in [-0.25, -0.2) is 4.79 Å². The van der Waals surface area contributed by atoms with E-state index in [2.05, 4.69) is 0 Å². The summed E-state index contributed by atoms with van der Waals surface area (Å²) in [6.45, 7) is 9.31. The van der Waals surface area contributed by atoms with E-state index in [1.807, 2.05) is 20.8 Å². The van der Waals surface area contributed by atoms with Gasteiger partial charge in [0, 0.05) is 19.5 Å². The molecule has 0 saturated carbocycles. The number of carbonyl (C=O) groups excluding carboxylic acids is 2. The molecule has 0 atom stereocenters. The molecule has 0 aromatic carbocycles. The summed E-state index contributed by atoms with van der Waals surface area (Å²) >= 11 is 0. The van der Waals surface area contributed by atoms with Crippen LogP contribution in [0, 0.1) is 0 Å². The molecule has 0 bridgehead atoms. The van der Waals surface area contributed by atoms with Gasteiger partial charge in [0.2, 0.25) is 0 Å². The number of hydrogen-bond donors (Lipinski definition) is 0. The number of ether oxygens (including phenoxy) is 1. The number of nitrogens with zero attached hydrogens (tertiary/aromatic N) is 2. The van der Waals surface area contributed by atoms with E-state index in [4.69, 9.17) is 9.57 Å². The zero-order chi connectivity index (χ0) is 13.8. The highest BCUT2D eigenvalue weighted by molar-refractivity contribution is 5.69. The van der Waals surface area contributed by atoms with Gasteiger partial charge in [-0.15, -0.1) is 5.06 Å². The lowest BCUT2D eigenvalue weighted by Gasteiger charge is -2.34. The number of hydroxylamine groups is 2. The fourth-order valence-electron chi connectivity index (χ4n) is 1.50. The lowest BCUT2D eigenvalue weighted by Crippen LogP contribution is -2.50. The van der Waals surface area contributed by atoms with E-state index >= 15 is 0 Å². The maximum atomic E-state index is 11.8. The Morgan fingerprint density at radius 2 is 1.67 bits per heavy atom. The predicted octanol–water partition coefficient (Wildman–Crippen LogP) is 1.41. The fourth-order valence-corrected chi connectivity index (χ4v) is 1.50. The highest BCUT2D eigenvalue weighted by atomic mass is 16.7. The van der Waals surface area contributed by atoms with Gasteiger partial charge >= 0.3 is 12.1 Å². The molecule has 6 nitrogen and oxygen atoms in total. The van der Waals surface area contributed by atoms with Crippen LogP contribution in [0.5, 0.6) is 0 Å². The standard InChI is InChI=1S/C12H22N2O4/c1-5-10(15)18-14-8-6-13(7-9-14)11(16)17-12(2,3)4/h5-9H2,1-4H3. The average molecular weight is 258 g/mol. The maximum Gasteiger partial charge on any atom is 0.410 e. The summed E-state index contributed by atoms with van der Waals surface area (Å²) in [5.74, 6) is -0.249. The Hall–Kier alpha value is -1.30. The van der Waals surface area contributed by atoms with Crippen LogP contribution in [0.2, 0.25) is 0 Å². The Balaban J connectivity index is 2.35. The second-order valence-electron chi connectivity index (χ2n) is 5.21. The minimum atomic E-state index is -0.483. The molecule has 1 amide bonds. The first-order chi connectivity index (χ1) is 8.31. The smallest absolute Gasteiger partial charge is 0.410 e. The molecule has 0 aromatic heterocycles. The summed E-state index contributed by atoms with van der Waals surface area (Å²) in [6.07, 6.45) is 0.0377. The van der Waals surface area contributed by atoms with E-state index in [1.54, 1.807) is 16.9 Å². The number of amides is 1. The van der Waals surface area contributed by atoms with E-state index < -0.39 is 5.60 Å². The molecular weight excluding hydrogens is 236 g/mol. The van der Waals surface area contributed by atoms with E-state index in [9.17, 15) is 9.59 Å². The summed E-state index contributed by atoms with van der Waals surface area (Å²) < 4.78 is 5.28. The van der Waals surface area contributed by atoms with Crippen LogP contribution in [0.1, 0.15) is 34.1 Å². The third-order valence-corrected chi connectivity index (χ3v) is 2.41. The first-order valence-electron chi connectivity index (χ1n) is 6.25. The van der Waals surface area contributed by atoms with Gasteiger partial charge in [-0.1, -0.05) is 6.92 Å². The predicted molar refractivity (Wildman–Crippen MR) is 65.8 cm³/mol. The van der Waals surface area contributed by atoms with Crippen LogP contribution in [-0.2, 0) is 14.4 Å². The van der Waals surface area contributed by atoms with Gasteiger partial charge < -0.3 is 14.5 Å². The Morgan fingerprint density at radius 1 is 1.11 bits per heavy atom. The summed E-state index contributed by atoms with van der Waals surface area (Å²) in [4.78, 5) is 29.6. The second kappa shape index (κ2) is 6.04. The number of piperazine rings is 1. The van der Waals surface area contributed by atoms with Gasteiger partial charge in [-0.2, -0.15) is 0 Å². The van der Waals surface area contributed by atoms with E-state index in [1.165, 1.54) is 0 Å². The molecule has 1 aliphatic rings. The maximum absolute atomic E-state index is 11.8. The molecule has 18 heavy (non-hydrogen) atoms. The molecule has 0 aromatic rings. The minimum Gasteiger partial charge on any atom is -0.444 e. The zero-order valence-corrected chi connectivity index (χ0v) is 11.6. The van der Waals surface area contributed by atoms with Gasteiger partial charge in [0.05, 0.1) is 13.1 Å². The molecule has 1 aliphatic heterocycles. The monoisotopic (exact) mass is 258 g/mol. The van der Waals surface area contributed by atoms with Gasteiger partial charge in [-0.05, 0) is 20.8 Å². The number of carbonyl (C=O) groups is 2. The zero-order valence-electron chi connectivity index (χ0n) is 11.6. The van der Waals surface area contributed by atoms with Crippen molar-refractivity contribution in [3.05, 3.63) is 0 Å². The van der Waals surface area contributed by atoms with Gasteiger partial charge in [0.25, 0.3) is 0 Å². The fraction of sp³-hybridized carbons (Fsp3) is 0.833. The average Bonchev–Trinajstić information content (AvgIpc) is 2.27. The SMILES string of the molecule is CCC(=O)ON1CCN(C(=O)OC(C)(C)C)CC1. The molecule has 0 unspecified atom stereocenters. The van der Waals surface area contributed by atoms with E-state index in [0.29, 0.717) is 32.6 Å². The van der Waals surface area contributed by atoms with Gasteiger partial charge in [0.15, 0.2) is 0 Å². The summed E-state index contributed by atoms with van der Waals surface area (Å²) in [7, 11) is 0. The van der Waals surface area contributed by atoms with E-state index in [-0.39, 0.29) is 12.1 Å². The van der Waals surface area contributed by atoms with Crippen molar-refractivity contribution in [2.45, 2.75) is 39.7 Å². The van der Waals surface area contributed by atoms with Crippen molar-refractivity contribution in [3.8, 4) is 0 Å². The van der Waals surface area contributed by atoms with Crippen molar-refractivity contribution < 1.29 is 19.2 Å². The molecule has 0 spiro atoms. The first-order valence-corrected chi connectivity index (χ1v) is 6.25. The van der Waals surface area contributed by atoms with Crippen molar-refractivity contribution >= 4 is 12.1 Å². The summed E-state index contributed by atoms with van der Waals surface area (Å²) in [5, 5.41) is 1.59. The van der Waals surface area contributed by atoms with Crippen LogP contribution < -0.4 is 0 Å². The summed E-state index contributed by atoms with van der Waals surface area (Å²) in [6, 6.07) is 0. The van der Waals surface area contributed by atoms with Gasteiger partial charge in [0.1, 0.15) is 5.60 Å². The molecular formula is C12H22N2O4. The lowest BCUT2D eigenvalue weighted by atomic mass is 10.2. The Morgan fingerprint density at radius 3 is 2.11 bits per heavy atom. The quantitative estimate of drug-likeness (QED) is 0.749. The molecule has 0 N–H and O–H groups in total. The summed E-state index contributed by atoms with van der Waals surface area (Å²) in [5.41, 5.74) is -0.483. The molecule has 1 rings (SSSR count). The number of hydrogen-bond acceptors (Lipinski definition) is 5. The molecule has 1 saturated heterocycles. The topological polar surface area (TPSA) is 59.1 Å². The molecule has 0 aliphatic carbocycles. The van der Waals surface area contributed by atoms with Crippen molar-refractivity contribution in [3.63, 3.8) is 0 Å². The van der Waals surface area contributed by atoms with Crippen molar-refractivity contribution in [2.24, 2.45) is 0 Å². The highest BCUT2D eigenvalue weighted by Crippen LogP contribution is 2.12. The van der Waals surface area contributed by atoms with Crippen LogP contribution in [0.4, 0.5) is 4.79 Å². The largest absolute Gasteiger partial charge is 0.444 e. The van der Waals surface area contributed by atoms with Crippen LogP contribution in [-0.4, -0.2) is 53.8 Å². The third kappa shape index (κ3) is 4.91. The highest BCUT2D eigenvalue weighted by Gasteiger charge is 2.26. The van der Waals surface area contributed by atoms with Crippen LogP contribution in [0.15, 0.2) is 0 Å². The Labute approximate surface area is 108 Å². The van der Waals surface area contributed by atoms with Crippen molar-refractivity contribution in [1.82, 2.24) is 9.96 Å². The lowest BCUT2D eigenvalue weighted by molar-refractivity contribution is -0.196. The third-order valence-electron chi connectivity index (χ3n) is 2.41. The van der Waals surface area contributed by atoms with Gasteiger partial charge in [-0.3, -0.25) is 4.79 Å². The molecule has 6 heteroatoms. The molecule has 0 radical (unpaired) electrons. The van der Waals surface area contributed by atoms with Crippen LogP contribution in [0.25, 0.3) is 0 Å². The number of rotatable bonds is 2. The molecule has 1 heterocycles. The molecule has 1 fully saturated rings. The van der Waals surface area contributed by atoms with Crippen LogP contribution in [0.3, 0.4) is 0 Å².